The quantitative estimate of drug-likeness (QED) is 0.565. The molecule has 0 aliphatic rings. The van der Waals surface area contributed by atoms with E-state index in [9.17, 15) is 9.59 Å². The molecule has 0 aliphatic carbocycles. The summed E-state index contributed by atoms with van der Waals surface area (Å²) >= 11 is 0. The molecule has 0 unspecified atom stereocenters. The average molecular weight is 245 g/mol. The molecule has 0 saturated heterocycles. The van der Waals surface area contributed by atoms with Gasteiger partial charge in [0, 0.05) is 20.1 Å². The molecule has 1 amide bonds. The van der Waals surface area contributed by atoms with E-state index in [1.54, 1.807) is 34.8 Å². The minimum absolute atomic E-state index is 0.166. The fourth-order valence-electron chi connectivity index (χ4n) is 1.14. The maximum atomic E-state index is 11.6. The summed E-state index contributed by atoms with van der Waals surface area (Å²) in [6, 6.07) is -0.621. The normalized spacial score (nSPS) is 13.0. The molecule has 0 aromatic rings. The van der Waals surface area contributed by atoms with Crippen molar-refractivity contribution in [1.82, 2.24) is 5.32 Å². The lowest BCUT2D eigenvalue weighted by Gasteiger charge is -2.22. The largest absolute Gasteiger partial charge is 0.458 e. The van der Waals surface area contributed by atoms with Gasteiger partial charge < -0.3 is 14.8 Å². The van der Waals surface area contributed by atoms with E-state index >= 15 is 0 Å². The summed E-state index contributed by atoms with van der Waals surface area (Å²) in [4.78, 5) is 23.0. The molecule has 0 bridgehead atoms. The van der Waals surface area contributed by atoms with Crippen molar-refractivity contribution in [1.29, 1.82) is 0 Å². The topological polar surface area (TPSA) is 64.6 Å². The third-order valence-corrected chi connectivity index (χ3v) is 1.89. The summed E-state index contributed by atoms with van der Waals surface area (Å²) in [7, 11) is 1.58. The van der Waals surface area contributed by atoms with Gasteiger partial charge >= 0.3 is 5.97 Å². The number of carbonyl (C=O) groups is 2. The Bertz CT molecular complexity index is 258. The molecule has 0 saturated carbocycles. The zero-order valence-electron chi connectivity index (χ0n) is 11.3. The zero-order valence-corrected chi connectivity index (χ0v) is 11.3. The number of esters is 1. The number of nitrogens with one attached hydrogen (secondary N) is 1. The summed E-state index contributed by atoms with van der Waals surface area (Å²) in [6.07, 6.45) is 0.990. The lowest BCUT2D eigenvalue weighted by atomic mass is 10.2. The lowest BCUT2D eigenvalue weighted by molar-refractivity contribution is -0.158. The van der Waals surface area contributed by atoms with Crippen molar-refractivity contribution in [2.24, 2.45) is 0 Å². The van der Waals surface area contributed by atoms with E-state index in [-0.39, 0.29) is 5.91 Å². The molecule has 0 radical (unpaired) electrons. The number of methoxy groups -OCH3 is 1. The van der Waals surface area contributed by atoms with Gasteiger partial charge in [-0.1, -0.05) is 0 Å². The first-order chi connectivity index (χ1) is 7.76. The smallest absolute Gasteiger partial charge is 0.328 e. The minimum Gasteiger partial charge on any atom is -0.458 e. The standard InChI is InChI=1S/C12H23NO4/c1-9(11(15)17-12(2,3)4)13-10(14)7-6-8-16-5/h9H,6-8H2,1-5H3,(H,13,14)/t9-/m1/s1. The van der Waals surface area contributed by atoms with Gasteiger partial charge in [0.15, 0.2) is 0 Å². The first-order valence-electron chi connectivity index (χ1n) is 5.77. The Morgan fingerprint density at radius 2 is 1.88 bits per heavy atom. The van der Waals surface area contributed by atoms with Gasteiger partial charge in [-0.05, 0) is 34.1 Å². The molecule has 0 rings (SSSR count). The Labute approximate surface area is 103 Å². The van der Waals surface area contributed by atoms with Crippen LogP contribution in [0.3, 0.4) is 0 Å². The molecular weight excluding hydrogens is 222 g/mol. The SMILES string of the molecule is COCCCC(=O)N[C@H](C)C(=O)OC(C)(C)C. The highest BCUT2D eigenvalue weighted by atomic mass is 16.6. The lowest BCUT2D eigenvalue weighted by Crippen LogP contribution is -2.42. The van der Waals surface area contributed by atoms with Crippen LogP contribution in [-0.2, 0) is 19.1 Å². The number of hydrogen-bond acceptors (Lipinski definition) is 4. The van der Waals surface area contributed by atoms with Crippen molar-refractivity contribution in [3.05, 3.63) is 0 Å². The van der Waals surface area contributed by atoms with Crippen LogP contribution in [0.4, 0.5) is 0 Å². The van der Waals surface area contributed by atoms with Crippen LogP contribution in [0.15, 0.2) is 0 Å². The summed E-state index contributed by atoms with van der Waals surface area (Å²) in [5.74, 6) is -0.585. The van der Waals surface area contributed by atoms with Crippen molar-refractivity contribution >= 4 is 11.9 Å². The van der Waals surface area contributed by atoms with Crippen LogP contribution in [0.5, 0.6) is 0 Å². The molecular formula is C12H23NO4. The molecule has 1 atom stereocenters. The van der Waals surface area contributed by atoms with E-state index in [2.05, 4.69) is 5.32 Å². The summed E-state index contributed by atoms with van der Waals surface area (Å²) in [6.45, 7) is 7.52. The number of carbonyl (C=O) groups excluding carboxylic acids is 2. The molecule has 0 aliphatic heterocycles. The van der Waals surface area contributed by atoms with Gasteiger partial charge in [-0.2, -0.15) is 0 Å². The van der Waals surface area contributed by atoms with E-state index in [4.69, 9.17) is 9.47 Å². The maximum absolute atomic E-state index is 11.6. The molecule has 100 valence electrons. The van der Waals surface area contributed by atoms with E-state index in [1.165, 1.54) is 0 Å². The van der Waals surface area contributed by atoms with E-state index in [1.807, 2.05) is 0 Å². The van der Waals surface area contributed by atoms with Crippen LogP contribution < -0.4 is 5.32 Å². The van der Waals surface area contributed by atoms with E-state index in [0.29, 0.717) is 19.4 Å². The second-order valence-electron chi connectivity index (χ2n) is 4.92. The molecule has 0 spiro atoms. The molecule has 0 heterocycles. The van der Waals surface area contributed by atoms with Gasteiger partial charge in [0.05, 0.1) is 0 Å². The van der Waals surface area contributed by atoms with E-state index in [0.717, 1.165) is 0 Å². The van der Waals surface area contributed by atoms with Gasteiger partial charge in [0.25, 0.3) is 0 Å². The molecule has 0 aromatic carbocycles. The number of hydrogen-bond donors (Lipinski definition) is 1. The summed E-state index contributed by atoms with van der Waals surface area (Å²) < 4.78 is 9.99. The summed E-state index contributed by atoms with van der Waals surface area (Å²) in [5, 5.41) is 2.59. The minimum atomic E-state index is -0.621. The van der Waals surface area contributed by atoms with Crippen LogP contribution in [0.1, 0.15) is 40.5 Å². The molecule has 5 nitrogen and oxygen atoms in total. The van der Waals surface area contributed by atoms with Gasteiger partial charge in [0.2, 0.25) is 5.91 Å². The van der Waals surface area contributed by atoms with Crippen molar-refractivity contribution < 1.29 is 19.1 Å². The Morgan fingerprint density at radius 3 is 2.35 bits per heavy atom. The zero-order chi connectivity index (χ0) is 13.5. The first-order valence-corrected chi connectivity index (χ1v) is 5.77. The highest BCUT2D eigenvalue weighted by molar-refractivity contribution is 5.84. The number of amides is 1. The first kappa shape index (κ1) is 15.9. The predicted molar refractivity (Wildman–Crippen MR) is 64.6 cm³/mol. The summed E-state index contributed by atoms with van der Waals surface area (Å²) in [5.41, 5.74) is -0.536. The molecule has 17 heavy (non-hydrogen) atoms. The van der Waals surface area contributed by atoms with Crippen LogP contribution in [0, 0.1) is 0 Å². The van der Waals surface area contributed by atoms with Gasteiger partial charge in [0.1, 0.15) is 11.6 Å². The Kier molecular flexibility index (Phi) is 6.80. The third-order valence-electron chi connectivity index (χ3n) is 1.89. The van der Waals surface area contributed by atoms with Gasteiger partial charge in [-0.3, -0.25) is 4.79 Å². The Morgan fingerprint density at radius 1 is 1.29 bits per heavy atom. The Hall–Kier alpha value is -1.10. The van der Waals surface area contributed by atoms with Crippen molar-refractivity contribution in [2.75, 3.05) is 13.7 Å². The molecule has 5 heteroatoms. The van der Waals surface area contributed by atoms with Crippen LogP contribution in [-0.4, -0.2) is 37.2 Å². The fourth-order valence-corrected chi connectivity index (χ4v) is 1.14. The van der Waals surface area contributed by atoms with Crippen LogP contribution in [0.2, 0.25) is 0 Å². The van der Waals surface area contributed by atoms with Gasteiger partial charge in [-0.25, -0.2) is 4.79 Å². The second kappa shape index (κ2) is 7.27. The average Bonchev–Trinajstić information content (AvgIpc) is 2.15. The van der Waals surface area contributed by atoms with E-state index < -0.39 is 17.6 Å². The fraction of sp³-hybridized carbons (Fsp3) is 0.833. The highest BCUT2D eigenvalue weighted by Gasteiger charge is 2.22. The molecule has 0 fully saturated rings. The number of rotatable bonds is 6. The van der Waals surface area contributed by atoms with Gasteiger partial charge in [-0.15, -0.1) is 0 Å². The number of ether oxygens (including phenoxy) is 2. The molecule has 0 aromatic heterocycles. The molecule has 1 N–H and O–H groups in total. The van der Waals surface area contributed by atoms with Crippen molar-refractivity contribution in [3.63, 3.8) is 0 Å². The van der Waals surface area contributed by atoms with Crippen LogP contribution in [0.25, 0.3) is 0 Å². The highest BCUT2D eigenvalue weighted by Crippen LogP contribution is 2.08. The van der Waals surface area contributed by atoms with Crippen molar-refractivity contribution in [2.45, 2.75) is 52.2 Å². The Balaban J connectivity index is 3.95. The monoisotopic (exact) mass is 245 g/mol. The van der Waals surface area contributed by atoms with Crippen LogP contribution >= 0.6 is 0 Å². The second-order valence-corrected chi connectivity index (χ2v) is 4.92. The van der Waals surface area contributed by atoms with Crippen molar-refractivity contribution in [3.8, 4) is 0 Å². The maximum Gasteiger partial charge on any atom is 0.328 e. The predicted octanol–water partition coefficient (Wildman–Crippen LogP) is 1.26. The third kappa shape index (κ3) is 8.68.